The third-order valence-corrected chi connectivity index (χ3v) is 4.45. The maximum atomic E-state index is 12.5. The van der Waals surface area contributed by atoms with E-state index >= 15 is 0 Å². The van der Waals surface area contributed by atoms with Crippen molar-refractivity contribution in [3.05, 3.63) is 29.3 Å². The van der Waals surface area contributed by atoms with Gasteiger partial charge in [-0.1, -0.05) is 18.6 Å². The quantitative estimate of drug-likeness (QED) is 0.739. The van der Waals surface area contributed by atoms with Crippen molar-refractivity contribution in [3.8, 4) is 0 Å². The number of hydrogen-bond donors (Lipinski definition) is 1. The van der Waals surface area contributed by atoms with E-state index in [0.717, 1.165) is 57.1 Å². The normalized spacial score (nSPS) is 15.3. The van der Waals surface area contributed by atoms with Crippen molar-refractivity contribution in [2.45, 2.75) is 32.9 Å². The molecule has 1 N–H and O–H groups in total. The maximum absolute atomic E-state index is 12.5. The zero-order chi connectivity index (χ0) is 18.4. The van der Waals surface area contributed by atoms with E-state index in [1.807, 2.05) is 6.07 Å². The summed E-state index contributed by atoms with van der Waals surface area (Å²) in [7, 11) is 1.76. The number of nitrogens with one attached hydrogen (secondary N) is 1. The van der Waals surface area contributed by atoms with Crippen LogP contribution in [0, 0.1) is 0 Å². The lowest BCUT2D eigenvalue weighted by molar-refractivity contribution is 0.0359. The predicted molar refractivity (Wildman–Crippen MR) is 95.7 cm³/mol. The molecule has 3 rings (SSSR count). The Morgan fingerprint density at radius 1 is 1.35 bits per heavy atom. The molecule has 1 saturated heterocycles. The Hall–Kier alpha value is -2.26. The van der Waals surface area contributed by atoms with Crippen LogP contribution in [0.25, 0.3) is 0 Å². The highest BCUT2D eigenvalue weighted by molar-refractivity contribution is 5.91. The molecule has 1 aliphatic heterocycles. The van der Waals surface area contributed by atoms with Crippen LogP contribution in [0.5, 0.6) is 0 Å². The number of morpholine rings is 1. The number of aromatic amines is 1. The van der Waals surface area contributed by atoms with Crippen LogP contribution in [0.15, 0.2) is 12.3 Å². The van der Waals surface area contributed by atoms with Gasteiger partial charge in [0.05, 0.1) is 43.9 Å². The molecule has 0 unspecified atom stereocenters. The SMILES string of the molecule is CCCc1cc(CN(C)C(=O)c2cn(CCN3CCOCC3)nn2)[nH]n1. The molecule has 2 aromatic rings. The summed E-state index contributed by atoms with van der Waals surface area (Å²) in [6.45, 7) is 7.61. The zero-order valence-corrected chi connectivity index (χ0v) is 15.5. The average molecular weight is 361 g/mol. The first kappa shape index (κ1) is 18.5. The van der Waals surface area contributed by atoms with E-state index in [2.05, 4.69) is 32.3 Å². The minimum Gasteiger partial charge on any atom is -0.379 e. The molecule has 9 heteroatoms. The lowest BCUT2D eigenvalue weighted by atomic mass is 10.2. The van der Waals surface area contributed by atoms with Gasteiger partial charge in [-0.25, -0.2) is 0 Å². The number of nitrogens with zero attached hydrogens (tertiary/aromatic N) is 6. The highest BCUT2D eigenvalue weighted by atomic mass is 16.5. The molecule has 0 radical (unpaired) electrons. The van der Waals surface area contributed by atoms with Gasteiger partial charge >= 0.3 is 0 Å². The van der Waals surface area contributed by atoms with Crippen LogP contribution in [-0.2, 0) is 24.2 Å². The number of aryl methyl sites for hydroxylation is 1. The van der Waals surface area contributed by atoms with Crippen molar-refractivity contribution in [3.63, 3.8) is 0 Å². The van der Waals surface area contributed by atoms with Crippen LogP contribution < -0.4 is 0 Å². The molecule has 0 bridgehead atoms. The summed E-state index contributed by atoms with van der Waals surface area (Å²) in [5.41, 5.74) is 2.31. The number of ether oxygens (including phenoxy) is 1. The number of amides is 1. The molecule has 1 amide bonds. The first-order chi connectivity index (χ1) is 12.7. The Balaban J connectivity index is 1.51. The van der Waals surface area contributed by atoms with Gasteiger partial charge in [0.2, 0.25) is 0 Å². The third kappa shape index (κ3) is 4.89. The smallest absolute Gasteiger partial charge is 0.276 e. The molecular weight excluding hydrogens is 334 g/mol. The first-order valence-electron chi connectivity index (χ1n) is 9.14. The predicted octanol–water partition coefficient (Wildman–Crippen LogP) is 0.558. The van der Waals surface area contributed by atoms with Gasteiger partial charge in [-0.05, 0) is 12.5 Å². The standard InChI is InChI=1S/C17H27N7O2/c1-3-4-14-11-15(19-18-14)12-22(2)17(25)16-13-24(21-20-16)6-5-23-7-9-26-10-8-23/h11,13H,3-10,12H2,1-2H3,(H,18,19). The zero-order valence-electron chi connectivity index (χ0n) is 15.5. The molecule has 1 aliphatic rings. The van der Waals surface area contributed by atoms with Crippen molar-refractivity contribution in [2.75, 3.05) is 39.9 Å². The number of hydrogen-bond acceptors (Lipinski definition) is 6. The van der Waals surface area contributed by atoms with E-state index in [-0.39, 0.29) is 5.91 Å². The Bertz CT molecular complexity index is 706. The van der Waals surface area contributed by atoms with Crippen LogP contribution in [-0.4, -0.2) is 80.8 Å². The molecule has 0 saturated carbocycles. The molecule has 0 spiro atoms. The molecule has 26 heavy (non-hydrogen) atoms. The van der Waals surface area contributed by atoms with Gasteiger partial charge in [-0.3, -0.25) is 19.5 Å². The molecule has 142 valence electrons. The Kier molecular flexibility index (Phi) is 6.35. The summed E-state index contributed by atoms with van der Waals surface area (Å²) in [6.07, 6.45) is 3.70. The molecule has 2 aromatic heterocycles. The Labute approximate surface area is 153 Å². The highest BCUT2D eigenvalue weighted by Gasteiger charge is 2.17. The fraction of sp³-hybridized carbons (Fsp3) is 0.647. The van der Waals surface area contributed by atoms with Gasteiger partial charge < -0.3 is 9.64 Å². The average Bonchev–Trinajstić information content (AvgIpc) is 3.30. The second kappa shape index (κ2) is 8.91. The molecule has 1 fully saturated rings. The minimum atomic E-state index is -0.144. The molecule has 0 aromatic carbocycles. The van der Waals surface area contributed by atoms with E-state index in [9.17, 15) is 4.79 Å². The van der Waals surface area contributed by atoms with Crippen LogP contribution in [0.2, 0.25) is 0 Å². The molecule has 0 atom stereocenters. The van der Waals surface area contributed by atoms with E-state index in [0.29, 0.717) is 18.8 Å². The summed E-state index contributed by atoms with van der Waals surface area (Å²) in [4.78, 5) is 16.5. The van der Waals surface area contributed by atoms with Crippen molar-refractivity contribution in [2.24, 2.45) is 0 Å². The number of rotatable bonds is 8. The topological polar surface area (TPSA) is 92.2 Å². The van der Waals surface area contributed by atoms with E-state index in [4.69, 9.17) is 4.74 Å². The summed E-state index contributed by atoms with van der Waals surface area (Å²) < 4.78 is 7.07. The number of carbonyl (C=O) groups excluding carboxylic acids is 1. The van der Waals surface area contributed by atoms with E-state index in [1.165, 1.54) is 0 Å². The van der Waals surface area contributed by atoms with Crippen LogP contribution in [0.1, 0.15) is 35.2 Å². The van der Waals surface area contributed by atoms with Crippen molar-refractivity contribution < 1.29 is 9.53 Å². The lowest BCUT2D eigenvalue weighted by Crippen LogP contribution is -2.38. The molecule has 0 aliphatic carbocycles. The van der Waals surface area contributed by atoms with Crippen LogP contribution >= 0.6 is 0 Å². The third-order valence-electron chi connectivity index (χ3n) is 4.45. The lowest BCUT2D eigenvalue weighted by Gasteiger charge is -2.26. The summed E-state index contributed by atoms with van der Waals surface area (Å²) >= 11 is 0. The monoisotopic (exact) mass is 361 g/mol. The number of aromatic nitrogens is 5. The second-order valence-electron chi connectivity index (χ2n) is 6.62. The fourth-order valence-corrected chi connectivity index (χ4v) is 2.97. The van der Waals surface area contributed by atoms with Crippen molar-refractivity contribution in [1.29, 1.82) is 0 Å². The Morgan fingerprint density at radius 3 is 2.92 bits per heavy atom. The van der Waals surface area contributed by atoms with Crippen LogP contribution in [0.3, 0.4) is 0 Å². The van der Waals surface area contributed by atoms with E-state index in [1.54, 1.807) is 22.8 Å². The van der Waals surface area contributed by atoms with Crippen molar-refractivity contribution >= 4 is 5.91 Å². The van der Waals surface area contributed by atoms with Gasteiger partial charge in [0.1, 0.15) is 0 Å². The summed E-state index contributed by atoms with van der Waals surface area (Å²) in [5, 5.41) is 15.4. The number of H-pyrrole nitrogens is 1. The summed E-state index contributed by atoms with van der Waals surface area (Å²) in [6, 6.07) is 2.01. The van der Waals surface area contributed by atoms with Gasteiger partial charge in [-0.15, -0.1) is 5.10 Å². The molecule has 9 nitrogen and oxygen atoms in total. The molecule has 3 heterocycles. The largest absolute Gasteiger partial charge is 0.379 e. The van der Waals surface area contributed by atoms with Crippen LogP contribution in [0.4, 0.5) is 0 Å². The molecular formula is C17H27N7O2. The van der Waals surface area contributed by atoms with Gasteiger partial charge in [-0.2, -0.15) is 5.10 Å². The van der Waals surface area contributed by atoms with E-state index < -0.39 is 0 Å². The van der Waals surface area contributed by atoms with Gasteiger partial charge in [0, 0.05) is 26.7 Å². The number of carbonyl (C=O) groups is 1. The first-order valence-corrected chi connectivity index (χ1v) is 9.14. The minimum absolute atomic E-state index is 0.144. The Morgan fingerprint density at radius 2 is 2.15 bits per heavy atom. The van der Waals surface area contributed by atoms with Gasteiger partial charge in [0.25, 0.3) is 5.91 Å². The highest BCUT2D eigenvalue weighted by Crippen LogP contribution is 2.08. The second-order valence-corrected chi connectivity index (χ2v) is 6.62. The van der Waals surface area contributed by atoms with Gasteiger partial charge in [0.15, 0.2) is 5.69 Å². The maximum Gasteiger partial charge on any atom is 0.276 e. The summed E-state index contributed by atoms with van der Waals surface area (Å²) in [5.74, 6) is -0.144. The van der Waals surface area contributed by atoms with Crippen molar-refractivity contribution in [1.82, 2.24) is 35.0 Å². The fourth-order valence-electron chi connectivity index (χ4n) is 2.97.